The fourth-order valence-electron chi connectivity index (χ4n) is 4.24. The maximum atomic E-state index is 11.6. The Bertz CT molecular complexity index is 2080. The second kappa shape index (κ2) is 12.6. The minimum atomic E-state index is -4.57. The molecule has 0 heterocycles. The van der Waals surface area contributed by atoms with E-state index < -0.39 is 32.7 Å². The number of nitrogens with two attached hydrogens (primary N) is 1. The average Bonchev–Trinajstić information content (AvgIpc) is 2.95. The molecule has 0 radical (unpaired) electrons. The largest absolute Gasteiger partial charge is 0.507 e. The molecule has 0 aliphatic rings. The first-order chi connectivity index (χ1) is 19.9. The Labute approximate surface area is 248 Å². The number of azo groups is 2. The summed E-state index contributed by atoms with van der Waals surface area (Å²) in [4.78, 5) is 22.3. The summed E-state index contributed by atoms with van der Waals surface area (Å²) in [6.07, 6.45) is 0. The molecule has 226 valence electrons. The molecule has 0 spiro atoms. The number of aromatic carboxylic acids is 2. The topological polar surface area (TPSA) is 298 Å². The van der Waals surface area contributed by atoms with Crippen LogP contribution in [0.15, 0.2) is 104 Å². The zero-order chi connectivity index (χ0) is 30.2. The quantitative estimate of drug-likeness (QED) is 0.0536. The lowest BCUT2D eigenvalue weighted by atomic mass is 10.1. The fourth-order valence-corrected chi connectivity index (χ4v) is 4.78. The molecule has 0 saturated carbocycles. The molecule has 14 N–H and O–H groups in total. The smallest absolute Gasteiger partial charge is 0.335 e. The van der Waals surface area contributed by atoms with Crippen LogP contribution in [0.5, 0.6) is 5.75 Å². The highest BCUT2D eigenvalue weighted by Gasteiger charge is 2.17. The van der Waals surface area contributed by atoms with Crippen molar-refractivity contribution in [2.75, 3.05) is 5.73 Å². The highest BCUT2D eigenvalue weighted by atomic mass is 32.2. The first-order valence-corrected chi connectivity index (χ1v) is 13.4. The van der Waals surface area contributed by atoms with Crippen molar-refractivity contribution >= 4 is 72.0 Å². The molecule has 5 aromatic rings. The zero-order valence-corrected chi connectivity index (χ0v) is 24.0. The van der Waals surface area contributed by atoms with Gasteiger partial charge in [0, 0.05) is 16.8 Å². The normalized spacial score (nSPS) is 11.5. The van der Waals surface area contributed by atoms with Crippen molar-refractivity contribution in [3.8, 4) is 5.75 Å². The first kappa shape index (κ1) is 32.7. The number of nitrogen functional groups attached to an aromatic ring is 1. The molecule has 0 aliphatic carbocycles. The Morgan fingerprint density at radius 3 is 1.77 bits per heavy atom. The van der Waals surface area contributed by atoms with Crippen LogP contribution < -0.4 is 18.0 Å². The van der Waals surface area contributed by atoms with Crippen LogP contribution in [0.1, 0.15) is 20.7 Å². The summed E-state index contributed by atoms with van der Waals surface area (Å²) in [5.74, 6) is -3.09. The van der Waals surface area contributed by atoms with E-state index in [9.17, 15) is 37.9 Å². The van der Waals surface area contributed by atoms with E-state index in [0.717, 1.165) is 12.1 Å². The maximum absolute atomic E-state index is 11.6. The van der Waals surface area contributed by atoms with Gasteiger partial charge in [0.2, 0.25) is 0 Å². The minimum absolute atomic E-state index is 0. The van der Waals surface area contributed by atoms with Gasteiger partial charge in [-0.2, -0.15) is 13.5 Å². The minimum Gasteiger partial charge on any atom is -0.507 e. The SMILES string of the molecule is Nc1ccc2cc(S(=O)(=O)O)cc(O)c2c1N=Nc1ccc(N=Nc2cc(C(=O)O)cc(C(=O)O)c2)c2ccccc12.[NH4+].[NH4+]. The number of aromatic hydroxyl groups is 1. The molecule has 15 nitrogen and oxygen atoms in total. The van der Waals surface area contributed by atoms with Crippen LogP contribution in [-0.2, 0) is 10.1 Å². The van der Waals surface area contributed by atoms with Crippen LogP contribution in [0.25, 0.3) is 21.5 Å². The van der Waals surface area contributed by atoms with Crippen molar-refractivity contribution < 1.29 is 37.9 Å². The molecule has 44 heavy (non-hydrogen) atoms. The van der Waals surface area contributed by atoms with E-state index in [0.29, 0.717) is 22.1 Å². The van der Waals surface area contributed by atoms with Gasteiger partial charge >= 0.3 is 11.9 Å². The Hall–Kier alpha value is -5.81. The van der Waals surface area contributed by atoms with E-state index in [1.807, 2.05) is 0 Å². The van der Waals surface area contributed by atoms with Crippen molar-refractivity contribution in [3.63, 3.8) is 0 Å². The Balaban J connectivity index is 0.00000264. The predicted octanol–water partition coefficient (Wildman–Crippen LogP) is 7.51. The van der Waals surface area contributed by atoms with Gasteiger partial charge in [-0.25, -0.2) is 9.59 Å². The highest BCUT2D eigenvalue weighted by molar-refractivity contribution is 7.85. The molecule has 0 aliphatic heterocycles. The summed E-state index contributed by atoms with van der Waals surface area (Å²) >= 11 is 0. The van der Waals surface area contributed by atoms with Gasteiger partial charge in [-0.1, -0.05) is 30.3 Å². The number of hydrogen-bond donors (Lipinski definition) is 7. The van der Waals surface area contributed by atoms with E-state index in [1.54, 1.807) is 36.4 Å². The lowest BCUT2D eigenvalue weighted by molar-refractivity contribution is 0.0696. The van der Waals surface area contributed by atoms with Crippen LogP contribution in [0, 0.1) is 0 Å². The Morgan fingerprint density at radius 2 is 1.25 bits per heavy atom. The molecule has 0 bridgehead atoms. The molecule has 5 aromatic carbocycles. The molecular weight excluding hydrogens is 594 g/mol. The van der Waals surface area contributed by atoms with Gasteiger partial charge in [-0.3, -0.25) is 4.55 Å². The average molecular weight is 622 g/mol. The lowest BCUT2D eigenvalue weighted by Crippen LogP contribution is -2.01. The monoisotopic (exact) mass is 621 g/mol. The van der Waals surface area contributed by atoms with Gasteiger partial charge in [-0.05, 0) is 47.9 Å². The molecular formula is C28H27N7O8S+2. The van der Waals surface area contributed by atoms with Gasteiger partial charge in [0.05, 0.1) is 44.2 Å². The first-order valence-electron chi connectivity index (χ1n) is 11.9. The summed E-state index contributed by atoms with van der Waals surface area (Å²) in [7, 11) is -4.57. The van der Waals surface area contributed by atoms with Gasteiger partial charge in [0.25, 0.3) is 10.1 Å². The lowest BCUT2D eigenvalue weighted by Gasteiger charge is -2.09. The van der Waals surface area contributed by atoms with Gasteiger partial charge in [0.15, 0.2) is 0 Å². The van der Waals surface area contributed by atoms with Gasteiger partial charge < -0.3 is 33.4 Å². The summed E-state index contributed by atoms with van der Waals surface area (Å²) in [5.41, 5.74) is 6.62. The van der Waals surface area contributed by atoms with Crippen LogP contribution in [0.2, 0.25) is 0 Å². The maximum Gasteiger partial charge on any atom is 0.335 e. The van der Waals surface area contributed by atoms with Gasteiger partial charge in [-0.15, -0.1) is 15.3 Å². The number of nitrogens with zero attached hydrogens (tertiary/aromatic N) is 4. The van der Waals surface area contributed by atoms with Crippen LogP contribution in [-0.4, -0.2) is 40.2 Å². The van der Waals surface area contributed by atoms with Crippen LogP contribution in [0.3, 0.4) is 0 Å². The van der Waals surface area contributed by atoms with Crippen LogP contribution in [0.4, 0.5) is 28.4 Å². The third-order valence-corrected chi connectivity index (χ3v) is 7.02. The fraction of sp³-hybridized carbons (Fsp3) is 0. The third-order valence-electron chi connectivity index (χ3n) is 6.19. The summed E-state index contributed by atoms with van der Waals surface area (Å²) in [6, 6.07) is 18.6. The molecule has 0 aromatic heterocycles. The molecule has 0 atom stereocenters. The number of quaternary nitrogens is 2. The van der Waals surface area contributed by atoms with Crippen LogP contribution >= 0.6 is 0 Å². The third kappa shape index (κ3) is 6.48. The molecule has 16 heteroatoms. The number of carbonyl (C=O) groups is 2. The number of fused-ring (bicyclic) bond motifs is 2. The molecule has 5 rings (SSSR count). The van der Waals surface area contributed by atoms with Gasteiger partial charge in [0.1, 0.15) is 11.4 Å². The summed E-state index contributed by atoms with van der Waals surface area (Å²) < 4.78 is 32.5. The summed E-state index contributed by atoms with van der Waals surface area (Å²) in [6.45, 7) is 0. The number of carboxylic acids is 2. The number of phenolic OH excluding ortho intramolecular Hbond substituents is 1. The molecule has 0 saturated heterocycles. The standard InChI is InChI=1S/C28H19N5O8S.2H3N/c29-21-6-5-14-12-18(42(39,40)41)13-24(34)25(14)26(21)33-32-23-8-7-22(19-3-1-2-4-20(19)23)31-30-17-10-15(27(35)36)9-16(11-17)28(37)38;;/h1-13,34H,29H2,(H,35,36)(H,37,38)(H,39,40,41);2*1H3/p+2. The van der Waals surface area contributed by atoms with Crippen molar-refractivity contribution in [1.29, 1.82) is 0 Å². The molecule has 0 fully saturated rings. The van der Waals surface area contributed by atoms with E-state index in [-0.39, 0.29) is 51.3 Å². The zero-order valence-electron chi connectivity index (χ0n) is 23.2. The predicted molar refractivity (Wildman–Crippen MR) is 164 cm³/mol. The molecule has 0 unspecified atom stereocenters. The van der Waals surface area contributed by atoms with E-state index >= 15 is 0 Å². The van der Waals surface area contributed by atoms with Crippen molar-refractivity contribution in [2.45, 2.75) is 4.90 Å². The Kier molecular flexibility index (Phi) is 9.36. The second-order valence-electron chi connectivity index (χ2n) is 8.95. The Morgan fingerprint density at radius 1 is 0.705 bits per heavy atom. The number of rotatable bonds is 7. The number of carboxylic acid groups (broad SMARTS) is 2. The summed E-state index contributed by atoms with van der Waals surface area (Å²) in [5, 5.41) is 47.5. The van der Waals surface area contributed by atoms with E-state index in [2.05, 4.69) is 20.5 Å². The number of benzene rings is 5. The molecule has 0 amide bonds. The van der Waals surface area contributed by atoms with Crippen molar-refractivity contribution in [1.82, 2.24) is 12.3 Å². The van der Waals surface area contributed by atoms with E-state index in [1.165, 1.54) is 30.3 Å². The number of anilines is 1. The number of hydrogen-bond acceptors (Lipinski definition) is 10. The second-order valence-corrected chi connectivity index (χ2v) is 10.4. The number of phenols is 1. The van der Waals surface area contributed by atoms with E-state index in [4.69, 9.17) is 5.73 Å². The van der Waals surface area contributed by atoms with Crippen molar-refractivity contribution in [3.05, 3.63) is 90.0 Å². The van der Waals surface area contributed by atoms with Crippen molar-refractivity contribution in [2.24, 2.45) is 20.5 Å². The highest BCUT2D eigenvalue weighted by Crippen LogP contribution is 2.41.